The molecule has 0 spiro atoms. The van der Waals surface area contributed by atoms with Crippen molar-refractivity contribution in [1.29, 1.82) is 0 Å². The molecule has 0 bridgehead atoms. The summed E-state index contributed by atoms with van der Waals surface area (Å²) in [5.74, 6) is -1.36. The van der Waals surface area contributed by atoms with Crippen molar-refractivity contribution in [3.63, 3.8) is 0 Å². The molecule has 1 aromatic rings. The second kappa shape index (κ2) is 4.89. The third kappa shape index (κ3) is 2.77. The molecule has 0 aliphatic rings. The van der Waals surface area contributed by atoms with E-state index in [0.29, 0.717) is 0 Å². The number of hydrogen-bond donors (Lipinski definition) is 2. The molecule has 0 saturated heterocycles. The van der Waals surface area contributed by atoms with E-state index < -0.39 is 17.2 Å². The molecule has 90 valence electrons. The standard InChI is InChI=1S/C12H17F2NO/c1-8(2)12(16,7-15)6-9-3-4-10(13)5-11(9)14/h3-5,8,16H,6-7,15H2,1-2H3. The second-order valence-electron chi connectivity index (χ2n) is 4.37. The summed E-state index contributed by atoms with van der Waals surface area (Å²) >= 11 is 0. The van der Waals surface area contributed by atoms with Gasteiger partial charge in [0.2, 0.25) is 0 Å². The van der Waals surface area contributed by atoms with Crippen molar-refractivity contribution in [3.05, 3.63) is 35.4 Å². The van der Waals surface area contributed by atoms with E-state index in [1.807, 2.05) is 13.8 Å². The zero-order chi connectivity index (χ0) is 12.3. The molecule has 0 aromatic heterocycles. The summed E-state index contributed by atoms with van der Waals surface area (Å²) in [6.07, 6.45) is 0.0906. The monoisotopic (exact) mass is 229 g/mol. The van der Waals surface area contributed by atoms with Crippen molar-refractivity contribution in [3.8, 4) is 0 Å². The fourth-order valence-electron chi connectivity index (χ4n) is 1.51. The van der Waals surface area contributed by atoms with Crippen LogP contribution in [0.3, 0.4) is 0 Å². The molecular weight excluding hydrogens is 212 g/mol. The highest BCUT2D eigenvalue weighted by atomic mass is 19.1. The van der Waals surface area contributed by atoms with Crippen molar-refractivity contribution in [2.45, 2.75) is 25.9 Å². The molecule has 0 radical (unpaired) electrons. The van der Waals surface area contributed by atoms with Crippen LogP contribution >= 0.6 is 0 Å². The predicted molar refractivity (Wildman–Crippen MR) is 58.9 cm³/mol. The minimum absolute atomic E-state index is 0.0431. The Morgan fingerprint density at radius 1 is 1.38 bits per heavy atom. The van der Waals surface area contributed by atoms with E-state index in [9.17, 15) is 13.9 Å². The number of aliphatic hydroxyl groups is 1. The van der Waals surface area contributed by atoms with Gasteiger partial charge in [0.1, 0.15) is 11.6 Å². The molecule has 0 aliphatic carbocycles. The largest absolute Gasteiger partial charge is 0.388 e. The van der Waals surface area contributed by atoms with Crippen LogP contribution in [0.5, 0.6) is 0 Å². The molecular formula is C12H17F2NO. The van der Waals surface area contributed by atoms with Crippen LogP contribution in [0.25, 0.3) is 0 Å². The molecule has 1 aromatic carbocycles. The lowest BCUT2D eigenvalue weighted by molar-refractivity contribution is 0.00335. The molecule has 1 rings (SSSR count). The Labute approximate surface area is 94.1 Å². The number of nitrogens with two attached hydrogens (primary N) is 1. The Bertz CT molecular complexity index is 368. The minimum Gasteiger partial charge on any atom is -0.388 e. The number of benzene rings is 1. The normalized spacial score (nSPS) is 15.2. The Balaban J connectivity index is 2.95. The molecule has 16 heavy (non-hydrogen) atoms. The maximum Gasteiger partial charge on any atom is 0.129 e. The number of halogens is 2. The number of hydrogen-bond acceptors (Lipinski definition) is 2. The van der Waals surface area contributed by atoms with Gasteiger partial charge in [-0.1, -0.05) is 19.9 Å². The van der Waals surface area contributed by atoms with Gasteiger partial charge in [0.25, 0.3) is 0 Å². The average Bonchev–Trinajstić information content (AvgIpc) is 2.22. The highest BCUT2D eigenvalue weighted by molar-refractivity contribution is 5.21. The van der Waals surface area contributed by atoms with Crippen LogP contribution in [-0.2, 0) is 6.42 Å². The smallest absolute Gasteiger partial charge is 0.129 e. The van der Waals surface area contributed by atoms with Gasteiger partial charge in [0.15, 0.2) is 0 Å². The maximum atomic E-state index is 13.4. The van der Waals surface area contributed by atoms with E-state index in [1.54, 1.807) is 0 Å². The van der Waals surface area contributed by atoms with Crippen LogP contribution in [0.4, 0.5) is 8.78 Å². The minimum atomic E-state index is -1.15. The fourth-order valence-corrected chi connectivity index (χ4v) is 1.51. The lowest BCUT2D eigenvalue weighted by Crippen LogP contribution is -2.45. The first-order chi connectivity index (χ1) is 7.39. The molecule has 1 unspecified atom stereocenters. The lowest BCUT2D eigenvalue weighted by atomic mass is 9.84. The Morgan fingerprint density at radius 3 is 2.44 bits per heavy atom. The summed E-state index contributed by atoms with van der Waals surface area (Å²) in [6, 6.07) is 3.33. The molecule has 0 amide bonds. The molecule has 3 N–H and O–H groups in total. The zero-order valence-electron chi connectivity index (χ0n) is 9.50. The van der Waals surface area contributed by atoms with Gasteiger partial charge in [-0.05, 0) is 17.5 Å². The van der Waals surface area contributed by atoms with Crippen molar-refractivity contribution >= 4 is 0 Å². The van der Waals surface area contributed by atoms with Crippen LogP contribution in [-0.4, -0.2) is 17.3 Å². The van der Waals surface area contributed by atoms with Crippen molar-refractivity contribution in [2.24, 2.45) is 11.7 Å². The number of rotatable bonds is 4. The van der Waals surface area contributed by atoms with Gasteiger partial charge >= 0.3 is 0 Å². The van der Waals surface area contributed by atoms with Gasteiger partial charge in [0, 0.05) is 19.0 Å². The van der Waals surface area contributed by atoms with Crippen LogP contribution in [0.1, 0.15) is 19.4 Å². The highest BCUT2D eigenvalue weighted by Gasteiger charge is 2.30. The van der Waals surface area contributed by atoms with Crippen molar-refractivity contribution in [2.75, 3.05) is 6.54 Å². The first-order valence-electron chi connectivity index (χ1n) is 5.25. The summed E-state index contributed by atoms with van der Waals surface area (Å²) in [4.78, 5) is 0. The van der Waals surface area contributed by atoms with Crippen molar-refractivity contribution < 1.29 is 13.9 Å². The van der Waals surface area contributed by atoms with Gasteiger partial charge < -0.3 is 10.8 Å². The fraction of sp³-hybridized carbons (Fsp3) is 0.500. The lowest BCUT2D eigenvalue weighted by Gasteiger charge is -2.31. The van der Waals surface area contributed by atoms with Gasteiger partial charge in [0.05, 0.1) is 5.60 Å². The summed E-state index contributed by atoms with van der Waals surface area (Å²) < 4.78 is 26.1. The predicted octanol–water partition coefficient (Wildman–Crippen LogP) is 1.85. The van der Waals surface area contributed by atoms with Crippen LogP contribution in [0, 0.1) is 17.6 Å². The summed E-state index contributed by atoms with van der Waals surface area (Å²) in [6.45, 7) is 3.67. The Kier molecular flexibility index (Phi) is 3.99. The van der Waals surface area contributed by atoms with Gasteiger partial charge in [-0.25, -0.2) is 8.78 Å². The molecule has 4 heteroatoms. The molecule has 0 heterocycles. The van der Waals surface area contributed by atoms with Crippen LogP contribution in [0.15, 0.2) is 18.2 Å². The second-order valence-corrected chi connectivity index (χ2v) is 4.37. The van der Waals surface area contributed by atoms with Gasteiger partial charge in [-0.2, -0.15) is 0 Å². The highest BCUT2D eigenvalue weighted by Crippen LogP contribution is 2.23. The SMILES string of the molecule is CC(C)C(O)(CN)Cc1ccc(F)cc1F. The maximum absolute atomic E-state index is 13.4. The molecule has 0 fully saturated rings. The quantitative estimate of drug-likeness (QED) is 0.827. The van der Waals surface area contributed by atoms with E-state index in [0.717, 1.165) is 6.07 Å². The van der Waals surface area contributed by atoms with Gasteiger partial charge in [-0.3, -0.25) is 0 Å². The third-order valence-electron chi connectivity index (χ3n) is 2.94. The van der Waals surface area contributed by atoms with Gasteiger partial charge in [-0.15, -0.1) is 0 Å². The van der Waals surface area contributed by atoms with Crippen LogP contribution in [0.2, 0.25) is 0 Å². The summed E-state index contributed by atoms with van der Waals surface area (Å²) in [5.41, 5.74) is 4.62. The van der Waals surface area contributed by atoms with E-state index in [1.165, 1.54) is 12.1 Å². The van der Waals surface area contributed by atoms with E-state index >= 15 is 0 Å². The molecule has 1 atom stereocenters. The zero-order valence-corrected chi connectivity index (χ0v) is 9.50. The average molecular weight is 229 g/mol. The molecule has 2 nitrogen and oxygen atoms in total. The van der Waals surface area contributed by atoms with E-state index in [2.05, 4.69) is 0 Å². The first-order valence-corrected chi connectivity index (χ1v) is 5.25. The van der Waals surface area contributed by atoms with E-state index in [-0.39, 0.29) is 24.4 Å². The first kappa shape index (κ1) is 13.1. The Morgan fingerprint density at radius 2 is 2.00 bits per heavy atom. The third-order valence-corrected chi connectivity index (χ3v) is 2.94. The molecule has 0 aliphatic heterocycles. The van der Waals surface area contributed by atoms with Crippen molar-refractivity contribution in [1.82, 2.24) is 0 Å². The summed E-state index contributed by atoms with van der Waals surface area (Å²) in [5, 5.41) is 10.2. The summed E-state index contributed by atoms with van der Waals surface area (Å²) in [7, 11) is 0. The van der Waals surface area contributed by atoms with Crippen LogP contribution < -0.4 is 5.73 Å². The molecule has 0 saturated carbocycles. The van der Waals surface area contributed by atoms with E-state index in [4.69, 9.17) is 5.73 Å². The Hall–Kier alpha value is -1.00. The topological polar surface area (TPSA) is 46.2 Å².